The summed E-state index contributed by atoms with van der Waals surface area (Å²) in [6.07, 6.45) is 4.21. The third-order valence-electron chi connectivity index (χ3n) is 6.92. The second-order valence-corrected chi connectivity index (χ2v) is 15.2. The summed E-state index contributed by atoms with van der Waals surface area (Å²) in [5, 5.41) is 6.14. The minimum Gasteiger partial charge on any atom is -0.396 e. The monoisotopic (exact) mass is 399 g/mol. The van der Waals surface area contributed by atoms with Crippen LogP contribution in [0.5, 0.6) is 0 Å². The van der Waals surface area contributed by atoms with Crippen LogP contribution in [0.4, 0.5) is 4.79 Å². The van der Waals surface area contributed by atoms with Gasteiger partial charge < -0.3 is 9.74 Å². The molecule has 1 spiro atoms. The van der Waals surface area contributed by atoms with Crippen molar-refractivity contribution in [1.29, 1.82) is 0 Å². The van der Waals surface area contributed by atoms with Crippen LogP contribution in [0.25, 0.3) is 0 Å². The van der Waals surface area contributed by atoms with E-state index in [1.54, 1.807) is 5.06 Å². The number of oxime groups is 1. The molecule has 4 aliphatic rings. The number of rotatable bonds is 5. The number of piperidine rings is 1. The van der Waals surface area contributed by atoms with Crippen LogP contribution in [-0.4, -0.2) is 54.1 Å². The smallest absolute Gasteiger partial charge is 0.344 e. The number of nitrogens with zero attached hydrogens (tertiary/aromatic N) is 3. The van der Waals surface area contributed by atoms with Gasteiger partial charge in [0.05, 0.1) is 25.9 Å². The number of amides is 2. The zero-order chi connectivity index (χ0) is 19.5. The van der Waals surface area contributed by atoms with Gasteiger partial charge in [0, 0.05) is 13.0 Å². The van der Waals surface area contributed by atoms with Gasteiger partial charge in [-0.3, -0.25) is 4.84 Å². The van der Waals surface area contributed by atoms with Crippen molar-refractivity contribution in [2.45, 2.75) is 69.7 Å². The number of hydrogen-bond donors (Lipinski definition) is 0. The van der Waals surface area contributed by atoms with Crippen molar-refractivity contribution in [2.24, 2.45) is 10.6 Å². The number of hydrogen-bond acceptors (Lipinski definition) is 4. The Morgan fingerprint density at radius 3 is 2.64 bits per heavy atom. The standard InChI is InChI=1S/C21H29N3O3Si/c1-28(2,3)19-11-16(22-27-19)17-12-21(9-10-21)18-13-23(17)20(25)24(18)26-14-15-7-5-4-6-8-15/h4-8,17-19H,9-14H2,1-3H3/t17-,18+,19?/m0/s1. The predicted octanol–water partition coefficient (Wildman–Crippen LogP) is 3.80. The van der Waals surface area contributed by atoms with Crippen LogP contribution in [-0.2, 0) is 16.3 Å². The molecule has 2 bridgehead atoms. The first kappa shape index (κ1) is 18.2. The Kier molecular flexibility index (Phi) is 4.10. The molecule has 3 atom stereocenters. The van der Waals surface area contributed by atoms with Gasteiger partial charge in [-0.25, -0.2) is 4.79 Å². The van der Waals surface area contributed by atoms with Crippen molar-refractivity contribution in [3.8, 4) is 0 Å². The number of carbonyl (C=O) groups is 1. The number of hydroxylamine groups is 2. The van der Waals surface area contributed by atoms with Gasteiger partial charge in [-0.1, -0.05) is 55.1 Å². The van der Waals surface area contributed by atoms with E-state index in [0.717, 1.165) is 30.7 Å². The van der Waals surface area contributed by atoms with Crippen molar-refractivity contribution < 1.29 is 14.5 Å². The summed E-state index contributed by atoms with van der Waals surface area (Å²) in [7, 11) is -1.43. The van der Waals surface area contributed by atoms with Gasteiger partial charge in [0.25, 0.3) is 0 Å². The largest absolute Gasteiger partial charge is 0.396 e. The molecule has 0 aromatic heterocycles. The zero-order valence-electron chi connectivity index (χ0n) is 16.9. The molecular weight excluding hydrogens is 370 g/mol. The molecule has 0 N–H and O–H groups in total. The normalized spacial score (nSPS) is 30.6. The lowest BCUT2D eigenvalue weighted by atomic mass is 9.83. The minimum absolute atomic E-state index is 0.00569. The molecule has 150 valence electrons. The lowest BCUT2D eigenvalue weighted by molar-refractivity contribution is -0.153. The van der Waals surface area contributed by atoms with E-state index < -0.39 is 8.07 Å². The Morgan fingerprint density at radius 1 is 1.25 bits per heavy atom. The first-order valence-corrected chi connectivity index (χ1v) is 13.9. The highest BCUT2D eigenvalue weighted by Crippen LogP contribution is 2.59. The van der Waals surface area contributed by atoms with Gasteiger partial charge in [-0.15, -0.1) is 0 Å². The maximum absolute atomic E-state index is 13.2. The quantitative estimate of drug-likeness (QED) is 0.708. The number of fused-ring (bicyclic) bond motifs is 3. The molecule has 7 heteroatoms. The summed E-state index contributed by atoms with van der Waals surface area (Å²) < 4.78 is 0. The first-order chi connectivity index (χ1) is 13.4. The molecule has 3 heterocycles. The van der Waals surface area contributed by atoms with E-state index >= 15 is 0 Å². The van der Waals surface area contributed by atoms with E-state index in [0.29, 0.717) is 6.61 Å². The summed E-state index contributed by atoms with van der Waals surface area (Å²) in [4.78, 5) is 27.1. The summed E-state index contributed by atoms with van der Waals surface area (Å²) >= 11 is 0. The van der Waals surface area contributed by atoms with Crippen LogP contribution >= 0.6 is 0 Å². The van der Waals surface area contributed by atoms with Crippen LogP contribution < -0.4 is 0 Å². The van der Waals surface area contributed by atoms with E-state index in [1.165, 1.54) is 12.8 Å². The van der Waals surface area contributed by atoms with Gasteiger partial charge in [0.15, 0.2) is 0 Å². The Balaban J connectivity index is 1.33. The predicted molar refractivity (Wildman–Crippen MR) is 109 cm³/mol. The highest BCUT2D eigenvalue weighted by Gasteiger charge is 2.64. The molecule has 6 nitrogen and oxygen atoms in total. The molecule has 1 unspecified atom stereocenters. The maximum atomic E-state index is 13.2. The van der Waals surface area contributed by atoms with Crippen molar-refractivity contribution in [2.75, 3.05) is 6.54 Å². The summed E-state index contributed by atoms with van der Waals surface area (Å²) in [6.45, 7) is 8.12. The lowest BCUT2D eigenvalue weighted by Gasteiger charge is -2.36. The molecule has 1 saturated carbocycles. The van der Waals surface area contributed by atoms with E-state index in [9.17, 15) is 4.79 Å². The third kappa shape index (κ3) is 2.95. The van der Waals surface area contributed by atoms with Crippen molar-refractivity contribution >= 4 is 19.8 Å². The fourth-order valence-electron chi connectivity index (χ4n) is 4.85. The average Bonchev–Trinajstić information content (AvgIpc) is 3.14. The number of urea groups is 1. The fraction of sp³-hybridized carbons (Fsp3) is 0.619. The molecule has 1 aromatic carbocycles. The molecule has 0 radical (unpaired) electrons. The van der Waals surface area contributed by atoms with Crippen LogP contribution in [0.15, 0.2) is 35.5 Å². The molecule has 5 rings (SSSR count). The summed E-state index contributed by atoms with van der Waals surface area (Å²) in [5.41, 5.74) is 2.57. The molecule has 1 aromatic rings. The van der Waals surface area contributed by atoms with E-state index in [-0.39, 0.29) is 29.3 Å². The molecule has 1 aliphatic carbocycles. The SMILES string of the molecule is C[Si](C)(C)C1CC([C@@H]2CC3(CC3)[C@H]3CN2C(=O)N3OCc2ccccc2)=NO1. The molecular formula is C21H29N3O3Si. The van der Waals surface area contributed by atoms with Gasteiger partial charge in [0.2, 0.25) is 0 Å². The van der Waals surface area contributed by atoms with Crippen molar-refractivity contribution in [3.63, 3.8) is 0 Å². The van der Waals surface area contributed by atoms with Gasteiger partial charge in [0.1, 0.15) is 12.3 Å². The van der Waals surface area contributed by atoms with Gasteiger partial charge in [-0.05, 0) is 30.2 Å². The molecule has 2 amide bonds. The zero-order valence-corrected chi connectivity index (χ0v) is 17.9. The summed E-state index contributed by atoms with van der Waals surface area (Å²) in [5.74, 6) is 0. The van der Waals surface area contributed by atoms with Gasteiger partial charge >= 0.3 is 6.03 Å². The second kappa shape index (κ2) is 6.32. The molecule has 3 fully saturated rings. The van der Waals surface area contributed by atoms with Crippen LogP contribution in [0.2, 0.25) is 19.6 Å². The fourth-order valence-corrected chi connectivity index (χ4v) is 6.04. The highest BCUT2D eigenvalue weighted by atomic mass is 28.3. The Bertz CT molecular complexity index is 803. The minimum atomic E-state index is -1.43. The Labute approximate surface area is 167 Å². The van der Waals surface area contributed by atoms with Crippen LogP contribution in [0.3, 0.4) is 0 Å². The molecule has 28 heavy (non-hydrogen) atoms. The van der Waals surface area contributed by atoms with Crippen LogP contribution in [0.1, 0.15) is 31.2 Å². The first-order valence-electron chi connectivity index (χ1n) is 10.4. The highest BCUT2D eigenvalue weighted by molar-refractivity contribution is 6.77. The lowest BCUT2D eigenvalue weighted by Crippen LogP contribution is -2.49. The average molecular weight is 400 g/mol. The Morgan fingerprint density at radius 2 is 2.00 bits per heavy atom. The summed E-state index contributed by atoms with van der Waals surface area (Å²) in [6, 6.07) is 10.3. The maximum Gasteiger partial charge on any atom is 0.344 e. The van der Waals surface area contributed by atoms with E-state index in [2.05, 4.69) is 24.8 Å². The van der Waals surface area contributed by atoms with Crippen molar-refractivity contribution in [3.05, 3.63) is 35.9 Å². The molecule has 3 aliphatic heterocycles. The molecule has 2 saturated heterocycles. The van der Waals surface area contributed by atoms with E-state index in [4.69, 9.17) is 9.68 Å². The van der Waals surface area contributed by atoms with Crippen LogP contribution in [0, 0.1) is 5.41 Å². The second-order valence-electron chi connectivity index (χ2n) is 9.86. The third-order valence-corrected chi connectivity index (χ3v) is 9.16. The number of carbonyl (C=O) groups excluding carboxylic acids is 1. The van der Waals surface area contributed by atoms with E-state index in [1.807, 2.05) is 35.2 Å². The topological polar surface area (TPSA) is 54.4 Å². The Hall–Kier alpha value is -1.86. The van der Waals surface area contributed by atoms with Gasteiger partial charge in [-0.2, -0.15) is 5.06 Å². The number of benzene rings is 1. The van der Waals surface area contributed by atoms with Crippen molar-refractivity contribution in [1.82, 2.24) is 9.96 Å².